The van der Waals surface area contributed by atoms with Gasteiger partial charge in [-0.1, -0.05) is 24.3 Å². The van der Waals surface area contributed by atoms with Crippen molar-refractivity contribution in [2.24, 2.45) is 5.92 Å². The lowest BCUT2D eigenvalue weighted by Gasteiger charge is -2.38. The highest BCUT2D eigenvalue weighted by atomic mass is 16.2. The second-order valence-corrected chi connectivity index (χ2v) is 9.67. The quantitative estimate of drug-likeness (QED) is 0.658. The van der Waals surface area contributed by atoms with Crippen LogP contribution in [0.25, 0.3) is 0 Å². The summed E-state index contributed by atoms with van der Waals surface area (Å²) in [4.78, 5) is 31.0. The summed E-state index contributed by atoms with van der Waals surface area (Å²) in [6.45, 7) is 10.00. The topological polar surface area (TPSA) is 43.9 Å². The van der Waals surface area contributed by atoms with E-state index in [9.17, 15) is 9.59 Å². The Balaban J connectivity index is 1.22. The third-order valence-corrected chi connectivity index (χ3v) is 7.58. The van der Waals surface area contributed by atoms with Crippen molar-refractivity contribution in [1.29, 1.82) is 0 Å². The molecule has 5 nitrogen and oxygen atoms in total. The van der Waals surface area contributed by atoms with Gasteiger partial charge in [0.15, 0.2) is 0 Å². The zero-order valence-corrected chi connectivity index (χ0v) is 19.3. The number of carbonyl (C=O) groups excluding carboxylic acids is 2. The molecule has 2 aromatic carbocycles. The standard InChI is InChI=1S/C27H33N3O2/c1-19-4-3-5-25(20(19)2)29-12-10-28(11-13-29)17-22(18-31)14-21-15-23-6-7-26(32)30-9-8-24(16-21)27(23)30/h3-5,15-16,18,22H,6-14,17H2,1-2H3. The van der Waals surface area contributed by atoms with Gasteiger partial charge >= 0.3 is 0 Å². The number of anilines is 2. The number of hydrogen-bond acceptors (Lipinski definition) is 4. The predicted molar refractivity (Wildman–Crippen MR) is 129 cm³/mol. The number of rotatable bonds is 6. The van der Waals surface area contributed by atoms with Gasteiger partial charge in [-0.2, -0.15) is 0 Å². The summed E-state index contributed by atoms with van der Waals surface area (Å²) in [5.41, 5.74) is 9.05. The molecule has 5 rings (SSSR count). The molecule has 32 heavy (non-hydrogen) atoms. The Morgan fingerprint density at radius 2 is 1.72 bits per heavy atom. The maximum Gasteiger partial charge on any atom is 0.227 e. The van der Waals surface area contributed by atoms with Gasteiger partial charge in [-0.25, -0.2) is 0 Å². The summed E-state index contributed by atoms with van der Waals surface area (Å²) in [7, 11) is 0. The Kier molecular flexibility index (Phi) is 5.76. The molecule has 0 aromatic heterocycles. The number of amides is 1. The Hall–Kier alpha value is -2.66. The molecule has 1 unspecified atom stereocenters. The number of aldehydes is 1. The number of carbonyl (C=O) groups is 2. The lowest BCUT2D eigenvalue weighted by Crippen LogP contribution is -2.48. The third kappa shape index (κ3) is 3.95. The van der Waals surface area contributed by atoms with E-state index in [0.29, 0.717) is 6.42 Å². The molecule has 1 atom stereocenters. The summed E-state index contributed by atoms with van der Waals surface area (Å²) in [5, 5.41) is 0. The number of piperazine rings is 1. The average molecular weight is 432 g/mol. The van der Waals surface area contributed by atoms with Crippen LogP contribution >= 0.6 is 0 Å². The first-order chi connectivity index (χ1) is 15.5. The molecule has 0 N–H and O–H groups in total. The first-order valence-corrected chi connectivity index (χ1v) is 12.0. The minimum Gasteiger partial charge on any atom is -0.369 e. The van der Waals surface area contributed by atoms with Crippen molar-refractivity contribution in [3.05, 3.63) is 58.1 Å². The molecule has 0 bridgehead atoms. The lowest BCUT2D eigenvalue weighted by molar-refractivity contribution is -0.118. The Morgan fingerprint density at radius 3 is 2.47 bits per heavy atom. The molecular weight excluding hydrogens is 398 g/mol. The third-order valence-electron chi connectivity index (χ3n) is 7.58. The van der Waals surface area contributed by atoms with Crippen molar-refractivity contribution in [3.8, 4) is 0 Å². The van der Waals surface area contributed by atoms with Gasteiger partial charge in [-0.3, -0.25) is 9.69 Å². The van der Waals surface area contributed by atoms with E-state index >= 15 is 0 Å². The van der Waals surface area contributed by atoms with Gasteiger partial charge in [0.1, 0.15) is 6.29 Å². The molecule has 1 fully saturated rings. The number of nitrogens with zero attached hydrogens (tertiary/aromatic N) is 3. The molecule has 0 radical (unpaired) electrons. The largest absolute Gasteiger partial charge is 0.369 e. The van der Waals surface area contributed by atoms with Crippen LogP contribution in [0.4, 0.5) is 11.4 Å². The van der Waals surface area contributed by atoms with E-state index in [1.165, 1.54) is 33.5 Å². The second kappa shape index (κ2) is 8.70. The van der Waals surface area contributed by atoms with Gasteiger partial charge < -0.3 is 14.6 Å². The van der Waals surface area contributed by atoms with E-state index in [-0.39, 0.29) is 11.8 Å². The van der Waals surface area contributed by atoms with Crippen molar-refractivity contribution >= 4 is 23.6 Å². The molecule has 1 saturated heterocycles. The summed E-state index contributed by atoms with van der Waals surface area (Å²) in [6.07, 6.45) is 4.31. The van der Waals surface area contributed by atoms with Crippen LogP contribution in [-0.2, 0) is 28.9 Å². The summed E-state index contributed by atoms with van der Waals surface area (Å²) >= 11 is 0. The highest BCUT2D eigenvalue weighted by Gasteiger charge is 2.31. The van der Waals surface area contributed by atoms with Gasteiger partial charge in [0.25, 0.3) is 0 Å². The summed E-state index contributed by atoms with van der Waals surface area (Å²) in [6, 6.07) is 11.0. The summed E-state index contributed by atoms with van der Waals surface area (Å²) < 4.78 is 0. The van der Waals surface area contributed by atoms with E-state index < -0.39 is 0 Å². The van der Waals surface area contributed by atoms with Crippen molar-refractivity contribution in [1.82, 2.24) is 4.90 Å². The Bertz CT molecular complexity index is 1040. The molecule has 3 aliphatic heterocycles. The van der Waals surface area contributed by atoms with E-state index in [1.54, 1.807) is 0 Å². The maximum absolute atomic E-state index is 12.2. The summed E-state index contributed by atoms with van der Waals surface area (Å²) in [5.74, 6) is 0.269. The van der Waals surface area contributed by atoms with Crippen molar-refractivity contribution < 1.29 is 9.59 Å². The van der Waals surface area contributed by atoms with Gasteiger partial charge in [-0.15, -0.1) is 0 Å². The highest BCUT2D eigenvalue weighted by molar-refractivity contribution is 5.98. The van der Waals surface area contributed by atoms with Gasteiger partial charge in [0.05, 0.1) is 5.69 Å². The zero-order chi connectivity index (χ0) is 22.2. The zero-order valence-electron chi connectivity index (χ0n) is 19.3. The van der Waals surface area contributed by atoms with Crippen LogP contribution in [0.3, 0.4) is 0 Å². The van der Waals surface area contributed by atoms with Gasteiger partial charge in [-0.05, 0) is 67.0 Å². The Labute approximate surface area is 191 Å². The van der Waals surface area contributed by atoms with Crippen molar-refractivity contribution in [2.75, 3.05) is 49.1 Å². The second-order valence-electron chi connectivity index (χ2n) is 9.67. The smallest absolute Gasteiger partial charge is 0.227 e. The molecule has 168 valence electrons. The number of hydrogen-bond donors (Lipinski definition) is 0. The molecular formula is C27H33N3O2. The minimum atomic E-state index is 0.00948. The van der Waals surface area contributed by atoms with E-state index in [2.05, 4.69) is 54.0 Å². The van der Waals surface area contributed by atoms with Crippen LogP contribution in [0.5, 0.6) is 0 Å². The molecule has 0 saturated carbocycles. The van der Waals surface area contributed by atoms with Crippen molar-refractivity contribution in [3.63, 3.8) is 0 Å². The molecule has 3 aliphatic rings. The molecule has 3 heterocycles. The maximum atomic E-state index is 12.2. The predicted octanol–water partition coefficient (Wildman–Crippen LogP) is 3.32. The molecule has 5 heteroatoms. The minimum absolute atomic E-state index is 0.00948. The fraction of sp³-hybridized carbons (Fsp3) is 0.481. The number of aryl methyl sites for hydroxylation is 2. The van der Waals surface area contributed by atoms with Crippen LogP contribution in [0.2, 0.25) is 0 Å². The molecule has 1 amide bonds. The Morgan fingerprint density at radius 1 is 0.969 bits per heavy atom. The fourth-order valence-electron chi connectivity index (χ4n) is 5.69. The first-order valence-electron chi connectivity index (χ1n) is 12.0. The number of benzene rings is 2. The monoisotopic (exact) mass is 431 g/mol. The van der Waals surface area contributed by atoms with Crippen LogP contribution in [-0.4, -0.2) is 56.4 Å². The van der Waals surface area contributed by atoms with Gasteiger partial charge in [0, 0.05) is 57.3 Å². The van der Waals surface area contributed by atoms with E-state index in [1.807, 2.05) is 4.90 Å². The van der Waals surface area contributed by atoms with Crippen LogP contribution in [0, 0.1) is 19.8 Å². The molecule has 2 aromatic rings. The van der Waals surface area contributed by atoms with Crippen LogP contribution in [0.1, 0.15) is 34.2 Å². The average Bonchev–Trinajstić information content (AvgIpc) is 3.23. The molecule has 0 aliphatic carbocycles. The highest BCUT2D eigenvalue weighted by Crippen LogP contribution is 2.38. The van der Waals surface area contributed by atoms with Gasteiger partial charge in [0.2, 0.25) is 5.91 Å². The van der Waals surface area contributed by atoms with E-state index in [0.717, 1.165) is 70.5 Å². The van der Waals surface area contributed by atoms with Crippen LogP contribution < -0.4 is 9.80 Å². The molecule has 0 spiro atoms. The van der Waals surface area contributed by atoms with Crippen LogP contribution in [0.15, 0.2) is 30.3 Å². The normalized spacial score (nSPS) is 19.2. The van der Waals surface area contributed by atoms with E-state index in [4.69, 9.17) is 0 Å². The first kappa shape index (κ1) is 21.2. The lowest BCUT2D eigenvalue weighted by atomic mass is 9.92. The van der Waals surface area contributed by atoms with Crippen molar-refractivity contribution in [2.45, 2.75) is 39.5 Å². The SMILES string of the molecule is Cc1cccc(N2CCN(CC(C=O)Cc3cc4c5c(c3)CCN5C(=O)CC4)CC2)c1C. The fourth-order valence-corrected chi connectivity index (χ4v) is 5.69.